The van der Waals surface area contributed by atoms with Crippen LogP contribution in [-0.4, -0.2) is 51.6 Å². The van der Waals surface area contributed by atoms with Gasteiger partial charge in [0.05, 0.1) is 0 Å². The molecule has 1 aromatic rings. The zero-order chi connectivity index (χ0) is 11.5. The number of aliphatic hydroxyl groups excluding tert-OH is 1. The fourth-order valence-electron chi connectivity index (χ4n) is 0.812. The first-order chi connectivity index (χ1) is 6.91. The van der Waals surface area contributed by atoms with E-state index in [0.29, 0.717) is 0 Å². The SMILES string of the molecule is O=C(/C=C(\O)c1ccncc1)C(F)(F)F.[Na]. The van der Waals surface area contributed by atoms with Crippen LogP contribution in [0.25, 0.3) is 5.76 Å². The molecule has 0 amide bonds. The third-order valence-electron chi connectivity index (χ3n) is 1.52. The number of aromatic nitrogens is 1. The van der Waals surface area contributed by atoms with Gasteiger partial charge in [0.2, 0.25) is 0 Å². The number of pyridine rings is 1. The number of allylic oxidation sites excluding steroid dienone is 1. The van der Waals surface area contributed by atoms with Crippen LogP contribution in [0.5, 0.6) is 0 Å². The maximum absolute atomic E-state index is 11.8. The number of halogens is 3. The van der Waals surface area contributed by atoms with E-state index >= 15 is 0 Å². The molecule has 0 saturated heterocycles. The van der Waals surface area contributed by atoms with Crippen LogP contribution in [0.2, 0.25) is 0 Å². The van der Waals surface area contributed by atoms with Crippen LogP contribution >= 0.6 is 0 Å². The molecule has 7 heteroatoms. The summed E-state index contributed by atoms with van der Waals surface area (Å²) in [6.45, 7) is 0. The molecule has 0 bridgehead atoms. The molecule has 81 valence electrons. The van der Waals surface area contributed by atoms with Crippen molar-refractivity contribution in [1.82, 2.24) is 4.98 Å². The smallest absolute Gasteiger partial charge is 0.454 e. The summed E-state index contributed by atoms with van der Waals surface area (Å²) >= 11 is 0. The second-order valence-electron chi connectivity index (χ2n) is 2.63. The van der Waals surface area contributed by atoms with E-state index < -0.39 is 17.7 Å². The molecule has 0 aromatic carbocycles. The molecule has 1 rings (SSSR count). The van der Waals surface area contributed by atoms with Gasteiger partial charge in [-0.25, -0.2) is 0 Å². The molecule has 3 nitrogen and oxygen atoms in total. The summed E-state index contributed by atoms with van der Waals surface area (Å²) in [6, 6.07) is 2.57. The van der Waals surface area contributed by atoms with E-state index in [1.807, 2.05) is 0 Å². The molecule has 0 fully saturated rings. The summed E-state index contributed by atoms with van der Waals surface area (Å²) in [7, 11) is 0. The molecule has 1 N–H and O–H groups in total. The topological polar surface area (TPSA) is 50.2 Å². The summed E-state index contributed by atoms with van der Waals surface area (Å²) in [5, 5.41) is 9.17. The van der Waals surface area contributed by atoms with Gasteiger partial charge in [-0.15, -0.1) is 0 Å². The van der Waals surface area contributed by atoms with Crippen molar-refractivity contribution in [3.05, 3.63) is 36.2 Å². The molecule has 0 unspecified atom stereocenters. The first-order valence-corrected chi connectivity index (χ1v) is 3.83. The number of carbonyl (C=O) groups excluding carboxylic acids is 1. The van der Waals surface area contributed by atoms with E-state index in [-0.39, 0.29) is 41.2 Å². The van der Waals surface area contributed by atoms with E-state index in [0.717, 1.165) is 0 Å². The Morgan fingerprint density at radius 1 is 1.31 bits per heavy atom. The van der Waals surface area contributed by atoms with E-state index in [9.17, 15) is 18.0 Å². The molecule has 0 aliphatic rings. The van der Waals surface area contributed by atoms with Gasteiger partial charge in [-0.2, -0.15) is 13.2 Å². The minimum atomic E-state index is -4.97. The number of hydrogen-bond acceptors (Lipinski definition) is 3. The van der Waals surface area contributed by atoms with Crippen LogP contribution in [0.1, 0.15) is 5.56 Å². The molecule has 1 aromatic heterocycles. The summed E-state index contributed by atoms with van der Waals surface area (Å²) < 4.78 is 35.4. The van der Waals surface area contributed by atoms with Crippen LogP contribution in [0.3, 0.4) is 0 Å². The standard InChI is InChI=1S/C9H6F3NO2.Na/c10-9(11,12)8(15)5-7(14)6-1-3-13-4-2-6;/h1-5,14H;/b7-5-;. The molecular formula is C9H6F3NNaO2. The third kappa shape index (κ3) is 4.34. The molecule has 0 spiro atoms. The van der Waals surface area contributed by atoms with Gasteiger partial charge in [0.15, 0.2) is 0 Å². The van der Waals surface area contributed by atoms with Crippen molar-refractivity contribution in [2.75, 3.05) is 0 Å². The Morgan fingerprint density at radius 2 is 1.81 bits per heavy atom. The zero-order valence-electron chi connectivity index (χ0n) is 8.32. The Labute approximate surface area is 111 Å². The second kappa shape index (κ2) is 6.03. The first-order valence-electron chi connectivity index (χ1n) is 3.83. The van der Waals surface area contributed by atoms with Gasteiger partial charge in [-0.3, -0.25) is 9.78 Å². The zero-order valence-corrected chi connectivity index (χ0v) is 10.3. The molecule has 16 heavy (non-hydrogen) atoms. The van der Waals surface area contributed by atoms with Crippen molar-refractivity contribution in [1.29, 1.82) is 0 Å². The third-order valence-corrected chi connectivity index (χ3v) is 1.52. The maximum atomic E-state index is 11.8. The molecule has 1 radical (unpaired) electrons. The minimum absolute atomic E-state index is 0. The van der Waals surface area contributed by atoms with E-state index in [1.54, 1.807) is 0 Å². The Morgan fingerprint density at radius 3 is 2.25 bits per heavy atom. The molecular weight excluding hydrogens is 234 g/mol. The number of ketones is 1. The Kier molecular flexibility index (Phi) is 5.71. The molecule has 0 saturated carbocycles. The van der Waals surface area contributed by atoms with Crippen LogP contribution < -0.4 is 0 Å². The van der Waals surface area contributed by atoms with Gasteiger partial charge in [-0.05, 0) is 12.1 Å². The number of hydrogen-bond donors (Lipinski definition) is 1. The van der Waals surface area contributed by atoms with Crippen molar-refractivity contribution in [3.8, 4) is 0 Å². The minimum Gasteiger partial charge on any atom is -0.507 e. The number of alkyl halides is 3. The average molecular weight is 240 g/mol. The van der Waals surface area contributed by atoms with E-state index in [4.69, 9.17) is 5.11 Å². The predicted molar refractivity (Wildman–Crippen MR) is 51.7 cm³/mol. The number of rotatable bonds is 2. The van der Waals surface area contributed by atoms with Gasteiger partial charge in [0.25, 0.3) is 5.78 Å². The largest absolute Gasteiger partial charge is 0.507 e. The number of nitrogens with zero attached hydrogens (tertiary/aromatic N) is 1. The van der Waals surface area contributed by atoms with Crippen LogP contribution in [0, 0.1) is 0 Å². The van der Waals surface area contributed by atoms with Crippen molar-refractivity contribution in [2.24, 2.45) is 0 Å². The van der Waals surface area contributed by atoms with Gasteiger partial charge in [0, 0.05) is 53.6 Å². The molecule has 0 atom stereocenters. The summed E-state index contributed by atoms with van der Waals surface area (Å²) in [5.41, 5.74) is 0.0996. The monoisotopic (exact) mass is 240 g/mol. The van der Waals surface area contributed by atoms with E-state index in [1.165, 1.54) is 24.5 Å². The molecule has 0 aliphatic carbocycles. The Bertz CT molecular complexity index is 389. The van der Waals surface area contributed by atoms with Gasteiger partial charge in [0.1, 0.15) is 5.76 Å². The summed E-state index contributed by atoms with van der Waals surface area (Å²) in [4.78, 5) is 14.1. The first kappa shape index (κ1) is 15.2. The van der Waals surface area contributed by atoms with E-state index in [2.05, 4.69) is 4.98 Å². The van der Waals surface area contributed by atoms with Crippen molar-refractivity contribution in [3.63, 3.8) is 0 Å². The van der Waals surface area contributed by atoms with Crippen molar-refractivity contribution in [2.45, 2.75) is 6.18 Å². The number of aliphatic hydroxyl groups is 1. The summed E-state index contributed by atoms with van der Waals surface area (Å²) in [5.74, 6) is -2.84. The maximum Gasteiger partial charge on any atom is 0.454 e. The fraction of sp³-hybridized carbons (Fsp3) is 0.111. The van der Waals surface area contributed by atoms with Crippen LogP contribution in [0.15, 0.2) is 30.6 Å². The summed E-state index contributed by atoms with van der Waals surface area (Å²) in [6.07, 6.45) is -2.26. The normalized spacial score (nSPS) is 11.8. The second-order valence-corrected chi connectivity index (χ2v) is 2.63. The van der Waals surface area contributed by atoms with Crippen molar-refractivity contribution >= 4 is 41.1 Å². The van der Waals surface area contributed by atoms with Gasteiger partial charge < -0.3 is 5.11 Å². The van der Waals surface area contributed by atoms with Gasteiger partial charge >= 0.3 is 6.18 Å². The quantitative estimate of drug-likeness (QED) is 0.486. The average Bonchev–Trinajstić information content (AvgIpc) is 2.17. The van der Waals surface area contributed by atoms with Gasteiger partial charge in [-0.1, -0.05) is 0 Å². The predicted octanol–water partition coefficient (Wildman–Crippen LogP) is 1.73. The molecule has 1 heterocycles. The van der Waals surface area contributed by atoms with Crippen LogP contribution in [0.4, 0.5) is 13.2 Å². The Balaban J connectivity index is 0.00000225. The molecule has 0 aliphatic heterocycles. The van der Waals surface area contributed by atoms with Crippen molar-refractivity contribution < 1.29 is 23.1 Å². The number of carbonyl (C=O) groups is 1. The Hall–Kier alpha value is -0.850. The fourth-order valence-corrected chi connectivity index (χ4v) is 0.812. The van der Waals surface area contributed by atoms with Crippen LogP contribution in [-0.2, 0) is 4.79 Å².